The van der Waals surface area contributed by atoms with Gasteiger partial charge in [0, 0.05) is 33.0 Å². The summed E-state index contributed by atoms with van der Waals surface area (Å²) < 4.78 is 0. The first-order valence-electron chi connectivity index (χ1n) is 4.95. The van der Waals surface area contributed by atoms with Crippen LogP contribution >= 0.6 is 0 Å². The molecule has 0 spiro atoms. The van der Waals surface area contributed by atoms with Gasteiger partial charge in [-0.25, -0.2) is 0 Å². The Labute approximate surface area is 90.1 Å². The molecule has 0 bridgehead atoms. The molecule has 82 valence electrons. The molecule has 0 saturated heterocycles. The Balaban J connectivity index is 2.66. The van der Waals surface area contributed by atoms with Gasteiger partial charge in [-0.15, -0.1) is 0 Å². The van der Waals surface area contributed by atoms with Gasteiger partial charge in [0.1, 0.15) is 0 Å². The Morgan fingerprint density at radius 3 is 2.80 bits per heavy atom. The Kier molecular flexibility index (Phi) is 4.24. The van der Waals surface area contributed by atoms with Crippen molar-refractivity contribution < 1.29 is 4.79 Å². The molecule has 0 aliphatic carbocycles. The minimum absolute atomic E-state index is 0.0707. The van der Waals surface area contributed by atoms with Crippen LogP contribution in [-0.4, -0.2) is 36.4 Å². The van der Waals surface area contributed by atoms with Crippen LogP contribution in [0.4, 0.5) is 0 Å². The van der Waals surface area contributed by atoms with Crippen LogP contribution in [0, 0.1) is 5.92 Å². The van der Waals surface area contributed by atoms with Crippen LogP contribution in [0.2, 0.25) is 0 Å². The molecule has 2 N–H and O–H groups in total. The van der Waals surface area contributed by atoms with E-state index < -0.39 is 0 Å². The van der Waals surface area contributed by atoms with E-state index in [0.717, 1.165) is 5.56 Å². The molecule has 1 atom stereocenters. The fourth-order valence-corrected chi connectivity index (χ4v) is 1.44. The van der Waals surface area contributed by atoms with Crippen LogP contribution in [0.5, 0.6) is 0 Å². The van der Waals surface area contributed by atoms with Gasteiger partial charge in [0.2, 0.25) is 5.91 Å². The summed E-state index contributed by atoms with van der Waals surface area (Å²) in [6, 6.07) is 3.82. The fourth-order valence-electron chi connectivity index (χ4n) is 1.44. The lowest BCUT2D eigenvalue weighted by Crippen LogP contribution is -2.35. The van der Waals surface area contributed by atoms with E-state index in [9.17, 15) is 4.79 Å². The van der Waals surface area contributed by atoms with Crippen molar-refractivity contribution in [1.29, 1.82) is 0 Å². The van der Waals surface area contributed by atoms with Crippen LogP contribution in [-0.2, 0) is 11.2 Å². The largest absolute Gasteiger partial charge is 0.349 e. The molecule has 4 nitrogen and oxygen atoms in total. The molecule has 0 aliphatic heterocycles. The van der Waals surface area contributed by atoms with E-state index in [1.165, 1.54) is 0 Å². The van der Waals surface area contributed by atoms with Crippen LogP contribution < -0.4 is 5.73 Å². The van der Waals surface area contributed by atoms with E-state index in [-0.39, 0.29) is 11.8 Å². The van der Waals surface area contributed by atoms with Crippen molar-refractivity contribution in [1.82, 2.24) is 9.88 Å². The molecule has 4 heteroatoms. The van der Waals surface area contributed by atoms with Gasteiger partial charge in [-0.2, -0.15) is 0 Å². The molecule has 1 unspecified atom stereocenters. The predicted octanol–water partition coefficient (Wildman–Crippen LogP) is 0.287. The Hall–Kier alpha value is -1.42. The molecular weight excluding hydrogens is 190 g/mol. The second kappa shape index (κ2) is 5.46. The molecule has 0 fully saturated rings. The molecule has 0 aliphatic rings. The number of rotatable bonds is 4. The zero-order valence-electron chi connectivity index (χ0n) is 9.18. The lowest BCUT2D eigenvalue weighted by molar-refractivity contribution is -0.132. The average Bonchev–Trinajstić information content (AvgIpc) is 2.26. The molecule has 1 amide bonds. The molecule has 15 heavy (non-hydrogen) atoms. The van der Waals surface area contributed by atoms with Crippen molar-refractivity contribution >= 4 is 5.91 Å². The van der Waals surface area contributed by atoms with Crippen molar-refractivity contribution in [2.45, 2.75) is 6.42 Å². The fraction of sp³-hybridized carbons (Fsp3) is 0.455. The van der Waals surface area contributed by atoms with Gasteiger partial charge in [0.15, 0.2) is 0 Å². The van der Waals surface area contributed by atoms with E-state index in [4.69, 9.17) is 5.73 Å². The molecule has 0 radical (unpaired) electrons. The monoisotopic (exact) mass is 207 g/mol. The van der Waals surface area contributed by atoms with E-state index in [1.807, 2.05) is 12.1 Å². The number of hydrogen-bond acceptors (Lipinski definition) is 3. The number of nitrogens with two attached hydrogens (primary N) is 1. The normalized spacial score (nSPS) is 12.2. The molecule has 0 aromatic carbocycles. The lowest BCUT2D eigenvalue weighted by atomic mass is 9.99. The van der Waals surface area contributed by atoms with Crippen LogP contribution in [0.25, 0.3) is 0 Å². The summed E-state index contributed by atoms with van der Waals surface area (Å²) in [5.41, 5.74) is 6.64. The van der Waals surface area contributed by atoms with Gasteiger partial charge in [-0.3, -0.25) is 9.78 Å². The highest BCUT2D eigenvalue weighted by molar-refractivity contribution is 5.78. The van der Waals surface area contributed by atoms with Crippen molar-refractivity contribution in [3.63, 3.8) is 0 Å². The first-order chi connectivity index (χ1) is 7.15. The second-order valence-electron chi connectivity index (χ2n) is 3.73. The van der Waals surface area contributed by atoms with E-state index in [0.29, 0.717) is 13.0 Å². The number of aromatic nitrogens is 1. The molecule has 1 aromatic rings. The summed E-state index contributed by atoms with van der Waals surface area (Å²) in [4.78, 5) is 17.3. The highest BCUT2D eigenvalue weighted by atomic mass is 16.2. The Morgan fingerprint density at radius 1 is 1.60 bits per heavy atom. The lowest BCUT2D eigenvalue weighted by Gasteiger charge is -2.18. The third-order valence-corrected chi connectivity index (χ3v) is 2.28. The topological polar surface area (TPSA) is 59.2 Å². The summed E-state index contributed by atoms with van der Waals surface area (Å²) in [6.07, 6.45) is 4.14. The molecule has 1 heterocycles. The van der Waals surface area contributed by atoms with Gasteiger partial charge in [-0.1, -0.05) is 6.07 Å². The molecular formula is C11H17N3O. The quantitative estimate of drug-likeness (QED) is 0.772. The summed E-state index contributed by atoms with van der Waals surface area (Å²) in [6.45, 7) is 0.367. The first kappa shape index (κ1) is 11.7. The minimum atomic E-state index is -0.149. The molecule has 0 saturated carbocycles. The number of carbonyl (C=O) groups is 1. The zero-order valence-corrected chi connectivity index (χ0v) is 9.18. The molecule has 1 aromatic heterocycles. The number of nitrogens with zero attached hydrogens (tertiary/aromatic N) is 2. The number of carbonyl (C=O) groups excluding carboxylic acids is 1. The highest BCUT2D eigenvalue weighted by Gasteiger charge is 2.18. The van der Waals surface area contributed by atoms with Crippen LogP contribution in [0.3, 0.4) is 0 Å². The van der Waals surface area contributed by atoms with Gasteiger partial charge < -0.3 is 10.6 Å². The summed E-state index contributed by atoms with van der Waals surface area (Å²) in [7, 11) is 3.49. The number of pyridine rings is 1. The van der Waals surface area contributed by atoms with Gasteiger partial charge in [0.05, 0.1) is 5.92 Å². The van der Waals surface area contributed by atoms with E-state index in [1.54, 1.807) is 31.4 Å². The highest BCUT2D eigenvalue weighted by Crippen LogP contribution is 2.08. The van der Waals surface area contributed by atoms with E-state index >= 15 is 0 Å². The van der Waals surface area contributed by atoms with Crippen molar-refractivity contribution in [3.8, 4) is 0 Å². The summed E-state index contributed by atoms with van der Waals surface area (Å²) >= 11 is 0. The average molecular weight is 207 g/mol. The maximum Gasteiger partial charge on any atom is 0.226 e. The Bertz CT molecular complexity index is 311. The maximum absolute atomic E-state index is 11.7. The molecule has 1 rings (SSSR count). The maximum atomic E-state index is 11.7. The SMILES string of the molecule is CN(C)C(=O)C(CN)Cc1cccnc1. The zero-order chi connectivity index (χ0) is 11.3. The van der Waals surface area contributed by atoms with Gasteiger partial charge in [-0.05, 0) is 18.1 Å². The van der Waals surface area contributed by atoms with Crippen molar-refractivity contribution in [2.75, 3.05) is 20.6 Å². The van der Waals surface area contributed by atoms with Crippen molar-refractivity contribution in [2.24, 2.45) is 11.7 Å². The van der Waals surface area contributed by atoms with Gasteiger partial charge in [0.25, 0.3) is 0 Å². The third-order valence-electron chi connectivity index (χ3n) is 2.28. The number of amides is 1. The summed E-state index contributed by atoms with van der Waals surface area (Å²) in [5.74, 6) is -0.0782. The van der Waals surface area contributed by atoms with Gasteiger partial charge >= 0.3 is 0 Å². The van der Waals surface area contributed by atoms with E-state index in [2.05, 4.69) is 4.98 Å². The minimum Gasteiger partial charge on any atom is -0.349 e. The predicted molar refractivity (Wildman–Crippen MR) is 59.2 cm³/mol. The van der Waals surface area contributed by atoms with Crippen LogP contribution in [0.1, 0.15) is 5.56 Å². The smallest absolute Gasteiger partial charge is 0.226 e. The van der Waals surface area contributed by atoms with Crippen molar-refractivity contribution in [3.05, 3.63) is 30.1 Å². The second-order valence-corrected chi connectivity index (χ2v) is 3.73. The third kappa shape index (κ3) is 3.32. The first-order valence-corrected chi connectivity index (χ1v) is 4.95. The standard InChI is InChI=1S/C11H17N3O/c1-14(2)11(15)10(7-12)6-9-4-3-5-13-8-9/h3-5,8,10H,6-7,12H2,1-2H3. The van der Waals surface area contributed by atoms with Crippen LogP contribution in [0.15, 0.2) is 24.5 Å². The Morgan fingerprint density at radius 2 is 2.33 bits per heavy atom. The summed E-state index contributed by atoms with van der Waals surface area (Å²) in [5, 5.41) is 0. The number of hydrogen-bond donors (Lipinski definition) is 1.